The molecule has 0 radical (unpaired) electrons. The fourth-order valence-corrected chi connectivity index (χ4v) is 4.88. The van der Waals surface area contributed by atoms with Crippen molar-refractivity contribution in [3.05, 3.63) is 78.1 Å². The summed E-state index contributed by atoms with van der Waals surface area (Å²) in [5.41, 5.74) is 4.12. The number of rotatable bonds is 7. The summed E-state index contributed by atoms with van der Waals surface area (Å²) in [7, 11) is 3.07. The number of nitrogens with zero attached hydrogens (tertiary/aromatic N) is 11. The normalized spacial score (nSPS) is 12.7. The van der Waals surface area contributed by atoms with Crippen molar-refractivity contribution in [1.82, 2.24) is 54.5 Å². The fourth-order valence-electron chi connectivity index (χ4n) is 4.68. The molecule has 0 unspecified atom stereocenters. The molecule has 6 aromatic heterocycles. The van der Waals surface area contributed by atoms with E-state index in [4.69, 9.17) is 25.8 Å². The molecule has 7 heterocycles. The molecule has 1 aliphatic heterocycles. The Morgan fingerprint density at radius 2 is 1.39 bits per heavy atom. The molecule has 0 atom stereocenters. The zero-order valence-electron chi connectivity index (χ0n) is 27.2. The van der Waals surface area contributed by atoms with E-state index < -0.39 is 5.60 Å². The maximum atomic E-state index is 12.4. The number of carbonyl (C=O) groups is 1. The highest BCUT2D eigenvalue weighted by Gasteiger charge is 2.26. The van der Waals surface area contributed by atoms with Crippen molar-refractivity contribution in [3.8, 4) is 11.8 Å². The van der Waals surface area contributed by atoms with Gasteiger partial charge in [0.2, 0.25) is 11.8 Å². The average Bonchev–Trinajstić information content (AvgIpc) is 3.86. The van der Waals surface area contributed by atoms with Crippen LogP contribution in [0.2, 0.25) is 5.02 Å². The van der Waals surface area contributed by atoms with Crippen LogP contribution in [0.4, 0.5) is 27.8 Å². The molecule has 17 nitrogen and oxygen atoms in total. The van der Waals surface area contributed by atoms with Gasteiger partial charge in [0, 0.05) is 37.6 Å². The van der Waals surface area contributed by atoms with Gasteiger partial charge in [0.05, 0.1) is 30.6 Å². The third-order valence-electron chi connectivity index (χ3n) is 6.88. The summed E-state index contributed by atoms with van der Waals surface area (Å²) >= 11 is 6.01. The van der Waals surface area contributed by atoms with Gasteiger partial charge in [-0.05, 0) is 56.2 Å². The molecule has 0 saturated carbocycles. The fraction of sp³-hybridized carbons (Fsp3) is 0.258. The molecule has 49 heavy (non-hydrogen) atoms. The SMILES string of the molecule is COc1ccc(Nc2cc(C3=CCN(C(=O)OC(C)(C)C)C3)cn3ncnc23)nn1.COc1ccc(Nc2cc(Cl)cn3ncnc23)nn1. The van der Waals surface area contributed by atoms with Crippen molar-refractivity contribution in [2.45, 2.75) is 26.4 Å². The van der Waals surface area contributed by atoms with Crippen molar-refractivity contribution in [3.63, 3.8) is 0 Å². The van der Waals surface area contributed by atoms with Gasteiger partial charge in [-0.25, -0.2) is 23.8 Å². The van der Waals surface area contributed by atoms with Crippen LogP contribution in [0.1, 0.15) is 26.3 Å². The molecule has 1 amide bonds. The van der Waals surface area contributed by atoms with Gasteiger partial charge in [-0.3, -0.25) is 0 Å². The number of hydrogen-bond donors (Lipinski definition) is 2. The quantitative estimate of drug-likeness (QED) is 0.233. The van der Waals surface area contributed by atoms with Crippen LogP contribution < -0.4 is 20.1 Å². The van der Waals surface area contributed by atoms with E-state index >= 15 is 0 Å². The van der Waals surface area contributed by atoms with E-state index in [0.717, 1.165) is 16.8 Å². The molecule has 0 saturated heterocycles. The first-order valence-electron chi connectivity index (χ1n) is 14.9. The van der Waals surface area contributed by atoms with Gasteiger partial charge < -0.3 is 29.7 Å². The lowest BCUT2D eigenvalue weighted by Gasteiger charge is -2.24. The number of nitrogens with one attached hydrogen (secondary N) is 2. The molecule has 0 fully saturated rings. The molecule has 0 aromatic carbocycles. The van der Waals surface area contributed by atoms with E-state index in [0.29, 0.717) is 58.5 Å². The number of anilines is 4. The Balaban J connectivity index is 0.000000188. The van der Waals surface area contributed by atoms with E-state index in [1.54, 1.807) is 50.5 Å². The van der Waals surface area contributed by atoms with Crippen molar-refractivity contribution >= 4 is 57.6 Å². The zero-order chi connectivity index (χ0) is 34.5. The molecular weight excluding hydrogens is 654 g/mol. The molecular formula is C31H32ClN13O4. The number of pyridine rings is 2. The van der Waals surface area contributed by atoms with Crippen LogP contribution in [0, 0.1) is 0 Å². The standard InChI is InChI=1S/C20H23N7O3.C11H9ClN6O/c1-20(2,3)30-19(28)26-8-7-13(10-26)14-9-15(18-21-12-22-27(18)11-14)23-16-5-6-17(29-4)25-24-16;1-19-10-3-2-9(16-17-10)15-8-4-7(12)5-18-11(8)13-6-14-18/h5-7,9,11-12H,8,10H2,1-4H3,(H,23,24);2-6H,1H3,(H,15,16). The van der Waals surface area contributed by atoms with Crippen LogP contribution in [0.25, 0.3) is 16.9 Å². The van der Waals surface area contributed by atoms with E-state index in [2.05, 4.69) is 51.2 Å². The van der Waals surface area contributed by atoms with Gasteiger partial charge in [-0.15, -0.1) is 20.4 Å². The summed E-state index contributed by atoms with van der Waals surface area (Å²) in [6.07, 6.45) is 8.18. The second kappa shape index (κ2) is 13.9. The van der Waals surface area contributed by atoms with Gasteiger partial charge in [0.15, 0.2) is 22.9 Å². The predicted molar refractivity (Wildman–Crippen MR) is 181 cm³/mol. The molecule has 2 N–H and O–H groups in total. The van der Waals surface area contributed by atoms with Gasteiger partial charge in [0.25, 0.3) is 0 Å². The number of fused-ring (bicyclic) bond motifs is 2. The van der Waals surface area contributed by atoms with Crippen molar-refractivity contribution < 1.29 is 19.0 Å². The molecule has 6 aromatic rings. The summed E-state index contributed by atoms with van der Waals surface area (Å²) in [5, 5.41) is 31.1. The van der Waals surface area contributed by atoms with Crippen LogP contribution in [0.3, 0.4) is 0 Å². The minimum atomic E-state index is -0.532. The zero-order valence-corrected chi connectivity index (χ0v) is 28.0. The number of methoxy groups -OCH3 is 2. The second-order valence-electron chi connectivity index (χ2n) is 11.5. The summed E-state index contributed by atoms with van der Waals surface area (Å²) in [4.78, 5) is 22.5. The average molecular weight is 686 g/mol. The molecule has 0 spiro atoms. The minimum absolute atomic E-state index is 0.331. The highest BCUT2D eigenvalue weighted by molar-refractivity contribution is 6.30. The highest BCUT2D eigenvalue weighted by atomic mass is 35.5. The van der Waals surface area contributed by atoms with Crippen LogP contribution >= 0.6 is 11.6 Å². The van der Waals surface area contributed by atoms with Crippen molar-refractivity contribution in [2.24, 2.45) is 0 Å². The number of halogens is 1. The lowest BCUT2D eigenvalue weighted by Crippen LogP contribution is -2.35. The van der Waals surface area contributed by atoms with E-state index in [-0.39, 0.29) is 6.09 Å². The molecule has 0 aliphatic carbocycles. The number of amides is 1. The lowest BCUT2D eigenvalue weighted by molar-refractivity contribution is 0.0306. The maximum absolute atomic E-state index is 12.4. The van der Waals surface area contributed by atoms with E-state index in [1.807, 2.05) is 39.1 Å². The van der Waals surface area contributed by atoms with Gasteiger partial charge >= 0.3 is 6.09 Å². The first kappa shape index (κ1) is 32.8. The van der Waals surface area contributed by atoms with Gasteiger partial charge in [-0.1, -0.05) is 17.7 Å². The summed E-state index contributed by atoms with van der Waals surface area (Å²) in [6.45, 7) is 6.51. The van der Waals surface area contributed by atoms with E-state index in [9.17, 15) is 4.79 Å². The molecule has 7 rings (SSSR count). The predicted octanol–water partition coefficient (Wildman–Crippen LogP) is 4.83. The van der Waals surface area contributed by atoms with Crippen LogP contribution in [-0.2, 0) is 4.74 Å². The van der Waals surface area contributed by atoms with Crippen LogP contribution in [0.5, 0.6) is 11.8 Å². The highest BCUT2D eigenvalue weighted by Crippen LogP contribution is 2.28. The Bertz CT molecular complexity index is 2110. The Morgan fingerprint density at radius 1 is 0.816 bits per heavy atom. The Labute approximate surface area is 284 Å². The van der Waals surface area contributed by atoms with Gasteiger partial charge in [-0.2, -0.15) is 10.2 Å². The Morgan fingerprint density at radius 3 is 1.92 bits per heavy atom. The number of hydrogen-bond acceptors (Lipinski definition) is 14. The summed E-state index contributed by atoms with van der Waals surface area (Å²) in [5.74, 6) is 1.99. The second-order valence-corrected chi connectivity index (χ2v) is 12.0. The maximum Gasteiger partial charge on any atom is 0.410 e. The number of carbonyl (C=O) groups excluding carboxylic acids is 1. The summed E-state index contributed by atoms with van der Waals surface area (Å²) < 4.78 is 18.7. The molecule has 18 heteroatoms. The van der Waals surface area contributed by atoms with Crippen molar-refractivity contribution in [1.29, 1.82) is 0 Å². The molecule has 1 aliphatic rings. The smallest absolute Gasteiger partial charge is 0.410 e. The topological polar surface area (TPSA) is 184 Å². The Hall–Kier alpha value is -6.10. The van der Waals surface area contributed by atoms with Crippen LogP contribution in [-0.4, -0.2) is 93.5 Å². The number of aromatic nitrogens is 10. The lowest BCUT2D eigenvalue weighted by atomic mass is 10.1. The van der Waals surface area contributed by atoms with Crippen molar-refractivity contribution in [2.75, 3.05) is 37.9 Å². The molecule has 0 bridgehead atoms. The van der Waals surface area contributed by atoms with E-state index in [1.165, 1.54) is 26.9 Å². The first-order chi connectivity index (χ1) is 23.6. The molecule has 252 valence electrons. The monoisotopic (exact) mass is 685 g/mol. The largest absolute Gasteiger partial charge is 0.480 e. The third-order valence-corrected chi connectivity index (χ3v) is 7.09. The minimum Gasteiger partial charge on any atom is -0.480 e. The van der Waals surface area contributed by atoms with Crippen LogP contribution in [0.15, 0.2) is 67.5 Å². The number of ether oxygens (including phenoxy) is 3. The Kier molecular flexibility index (Phi) is 9.34. The van der Waals surface area contributed by atoms with Gasteiger partial charge in [0.1, 0.15) is 18.3 Å². The summed E-state index contributed by atoms with van der Waals surface area (Å²) in [6, 6.07) is 10.7. The third kappa shape index (κ3) is 7.90. The first-order valence-corrected chi connectivity index (χ1v) is 15.3.